The number of sulfonamides is 1. The first-order valence-electron chi connectivity index (χ1n) is 8.69. The third kappa shape index (κ3) is 4.23. The second kappa shape index (κ2) is 6.48. The van der Waals surface area contributed by atoms with E-state index in [1.54, 1.807) is 33.0 Å². The molecule has 0 spiro atoms. The van der Waals surface area contributed by atoms with Gasteiger partial charge in [-0.3, -0.25) is 4.98 Å². The SMILES string of the molecule is CC(C)(C)NC(=O)NS(=O)(=O)c1cnccc1N[C@H]1C[C@@H]2CC[C@H]1C2. The Hall–Kier alpha value is -1.83. The molecule has 2 aliphatic carbocycles. The molecule has 3 N–H and O–H groups in total. The number of urea groups is 1. The summed E-state index contributed by atoms with van der Waals surface area (Å²) in [6.45, 7) is 5.35. The molecule has 1 aromatic heterocycles. The van der Waals surface area contributed by atoms with Crippen LogP contribution in [0.4, 0.5) is 10.5 Å². The van der Waals surface area contributed by atoms with Crippen LogP contribution < -0.4 is 15.4 Å². The average Bonchev–Trinajstić information content (AvgIpc) is 3.07. The van der Waals surface area contributed by atoms with E-state index in [0.717, 1.165) is 12.3 Å². The van der Waals surface area contributed by atoms with Gasteiger partial charge < -0.3 is 10.6 Å². The van der Waals surface area contributed by atoms with E-state index in [9.17, 15) is 13.2 Å². The molecule has 0 saturated heterocycles. The number of fused-ring (bicyclic) bond motifs is 2. The molecule has 2 aliphatic rings. The van der Waals surface area contributed by atoms with Gasteiger partial charge in [0.1, 0.15) is 4.90 Å². The molecule has 2 bridgehead atoms. The lowest BCUT2D eigenvalue weighted by Crippen LogP contribution is -2.48. The van der Waals surface area contributed by atoms with Crippen LogP contribution in [-0.2, 0) is 10.0 Å². The predicted octanol–water partition coefficient (Wildman–Crippen LogP) is 2.47. The van der Waals surface area contributed by atoms with Crippen LogP contribution >= 0.6 is 0 Å². The Morgan fingerprint density at radius 1 is 1.24 bits per heavy atom. The van der Waals surface area contributed by atoms with Crippen LogP contribution in [-0.4, -0.2) is 31.0 Å². The molecule has 1 heterocycles. The van der Waals surface area contributed by atoms with Gasteiger partial charge in [-0.1, -0.05) is 6.42 Å². The summed E-state index contributed by atoms with van der Waals surface area (Å²) >= 11 is 0. The Labute approximate surface area is 149 Å². The number of carbonyl (C=O) groups is 1. The van der Waals surface area contributed by atoms with E-state index in [1.165, 1.54) is 25.5 Å². The molecular weight excluding hydrogens is 340 g/mol. The van der Waals surface area contributed by atoms with Crippen molar-refractivity contribution in [3.8, 4) is 0 Å². The van der Waals surface area contributed by atoms with Crippen molar-refractivity contribution in [2.24, 2.45) is 11.8 Å². The minimum atomic E-state index is -4.00. The fourth-order valence-electron chi connectivity index (χ4n) is 3.88. The van der Waals surface area contributed by atoms with Crippen molar-refractivity contribution in [1.82, 2.24) is 15.0 Å². The first-order chi connectivity index (χ1) is 11.6. The number of pyridine rings is 1. The van der Waals surface area contributed by atoms with Gasteiger partial charge in [-0.15, -0.1) is 0 Å². The zero-order chi connectivity index (χ0) is 18.2. The summed E-state index contributed by atoms with van der Waals surface area (Å²) in [5, 5.41) is 5.97. The first kappa shape index (κ1) is 18.0. The van der Waals surface area contributed by atoms with Crippen molar-refractivity contribution >= 4 is 21.7 Å². The molecule has 3 rings (SSSR count). The number of anilines is 1. The van der Waals surface area contributed by atoms with Crippen LogP contribution in [0.2, 0.25) is 0 Å². The van der Waals surface area contributed by atoms with E-state index in [-0.39, 0.29) is 4.90 Å². The summed E-state index contributed by atoms with van der Waals surface area (Å²) in [4.78, 5) is 15.9. The largest absolute Gasteiger partial charge is 0.381 e. The van der Waals surface area contributed by atoms with Crippen LogP contribution in [0.3, 0.4) is 0 Å². The van der Waals surface area contributed by atoms with Gasteiger partial charge in [0.2, 0.25) is 0 Å². The molecule has 0 aliphatic heterocycles. The highest BCUT2D eigenvalue weighted by Gasteiger charge is 2.40. The summed E-state index contributed by atoms with van der Waals surface area (Å²) in [6, 6.07) is 1.20. The molecule has 2 saturated carbocycles. The summed E-state index contributed by atoms with van der Waals surface area (Å²) < 4.78 is 27.3. The number of nitrogens with one attached hydrogen (secondary N) is 3. The number of aromatic nitrogens is 1. The molecule has 0 unspecified atom stereocenters. The Bertz CT molecular complexity index is 757. The average molecular weight is 366 g/mol. The zero-order valence-corrected chi connectivity index (χ0v) is 15.7. The zero-order valence-electron chi connectivity index (χ0n) is 14.9. The standard InChI is InChI=1S/C17H26N4O3S/c1-17(2,3)20-16(22)21-25(23,24)15-10-18-7-6-13(15)19-14-9-11-4-5-12(14)8-11/h6-7,10-12,14H,4-5,8-9H2,1-3H3,(H,18,19)(H2,20,21,22)/t11-,12+,14+/m1/s1. The molecule has 1 aromatic rings. The molecular formula is C17H26N4O3S. The second-order valence-electron chi connectivity index (χ2n) is 8.11. The number of hydrogen-bond donors (Lipinski definition) is 3. The van der Waals surface area contributed by atoms with Crippen molar-refractivity contribution in [2.75, 3.05) is 5.32 Å². The molecule has 25 heavy (non-hydrogen) atoms. The fourth-order valence-corrected chi connectivity index (χ4v) is 4.90. The van der Waals surface area contributed by atoms with E-state index in [2.05, 4.69) is 20.3 Å². The normalized spacial score (nSPS) is 25.6. The van der Waals surface area contributed by atoms with Gasteiger partial charge in [0.05, 0.1) is 5.69 Å². The van der Waals surface area contributed by atoms with Crippen molar-refractivity contribution in [1.29, 1.82) is 0 Å². The highest BCUT2D eigenvalue weighted by Crippen LogP contribution is 2.45. The Balaban J connectivity index is 1.76. The molecule has 3 atom stereocenters. The van der Waals surface area contributed by atoms with Gasteiger partial charge in [-0.2, -0.15) is 0 Å². The van der Waals surface area contributed by atoms with Crippen molar-refractivity contribution < 1.29 is 13.2 Å². The number of hydrogen-bond acceptors (Lipinski definition) is 5. The molecule has 0 aromatic carbocycles. The number of carbonyl (C=O) groups excluding carboxylic acids is 1. The third-order valence-corrected chi connectivity index (χ3v) is 6.23. The molecule has 8 heteroatoms. The quantitative estimate of drug-likeness (QED) is 0.760. The lowest BCUT2D eigenvalue weighted by Gasteiger charge is -2.25. The van der Waals surface area contributed by atoms with Crippen molar-refractivity contribution in [2.45, 2.75) is 62.9 Å². The van der Waals surface area contributed by atoms with Gasteiger partial charge in [-0.05, 0) is 57.9 Å². The summed E-state index contributed by atoms with van der Waals surface area (Å²) in [7, 11) is -4.00. The maximum atomic E-state index is 12.6. The lowest BCUT2D eigenvalue weighted by atomic mass is 9.95. The van der Waals surface area contributed by atoms with Gasteiger partial charge in [0.25, 0.3) is 10.0 Å². The number of amides is 2. The molecule has 138 valence electrons. The van der Waals surface area contributed by atoms with E-state index < -0.39 is 21.6 Å². The Kier molecular flexibility index (Phi) is 4.66. The Morgan fingerprint density at radius 3 is 2.60 bits per heavy atom. The summed E-state index contributed by atoms with van der Waals surface area (Å²) in [6.07, 6.45) is 7.61. The maximum Gasteiger partial charge on any atom is 0.329 e. The van der Waals surface area contributed by atoms with E-state index in [1.807, 2.05) is 0 Å². The van der Waals surface area contributed by atoms with Gasteiger partial charge in [-0.25, -0.2) is 17.9 Å². The number of nitrogens with zero attached hydrogens (tertiary/aromatic N) is 1. The first-order valence-corrected chi connectivity index (χ1v) is 10.2. The molecule has 7 nitrogen and oxygen atoms in total. The van der Waals surface area contributed by atoms with Gasteiger partial charge in [0, 0.05) is 24.0 Å². The second-order valence-corrected chi connectivity index (χ2v) is 9.76. The fraction of sp³-hybridized carbons (Fsp3) is 0.647. The minimum Gasteiger partial charge on any atom is -0.381 e. The van der Waals surface area contributed by atoms with Gasteiger partial charge in [0.15, 0.2) is 0 Å². The van der Waals surface area contributed by atoms with E-state index in [4.69, 9.17) is 0 Å². The van der Waals surface area contributed by atoms with Crippen molar-refractivity contribution in [3.05, 3.63) is 18.5 Å². The molecule has 0 radical (unpaired) electrons. The van der Waals surface area contributed by atoms with E-state index in [0.29, 0.717) is 17.6 Å². The number of rotatable bonds is 4. The lowest BCUT2D eigenvalue weighted by molar-refractivity contribution is 0.237. The van der Waals surface area contributed by atoms with Crippen LogP contribution in [0.5, 0.6) is 0 Å². The highest BCUT2D eigenvalue weighted by molar-refractivity contribution is 7.90. The maximum absolute atomic E-state index is 12.6. The third-order valence-electron chi connectivity index (χ3n) is 4.87. The topological polar surface area (TPSA) is 100 Å². The van der Waals surface area contributed by atoms with Crippen LogP contribution in [0.15, 0.2) is 23.4 Å². The smallest absolute Gasteiger partial charge is 0.329 e. The molecule has 2 fully saturated rings. The predicted molar refractivity (Wildman–Crippen MR) is 95.7 cm³/mol. The Morgan fingerprint density at radius 2 is 2.00 bits per heavy atom. The highest BCUT2D eigenvalue weighted by atomic mass is 32.2. The van der Waals surface area contributed by atoms with Crippen molar-refractivity contribution in [3.63, 3.8) is 0 Å². The van der Waals surface area contributed by atoms with Gasteiger partial charge >= 0.3 is 6.03 Å². The molecule has 2 amide bonds. The van der Waals surface area contributed by atoms with Crippen LogP contribution in [0, 0.1) is 11.8 Å². The minimum absolute atomic E-state index is 0.00170. The monoisotopic (exact) mass is 366 g/mol. The van der Waals surface area contributed by atoms with Crippen LogP contribution in [0.25, 0.3) is 0 Å². The summed E-state index contributed by atoms with van der Waals surface area (Å²) in [5.41, 5.74) is -0.0257. The van der Waals surface area contributed by atoms with E-state index >= 15 is 0 Å². The summed E-state index contributed by atoms with van der Waals surface area (Å²) in [5.74, 6) is 1.35. The van der Waals surface area contributed by atoms with Crippen LogP contribution in [0.1, 0.15) is 46.5 Å².